The van der Waals surface area contributed by atoms with Crippen molar-refractivity contribution in [3.05, 3.63) is 58.6 Å². The monoisotopic (exact) mass is 473 g/mol. The van der Waals surface area contributed by atoms with E-state index in [1.54, 1.807) is 30.3 Å². The SMILES string of the molecule is O=C(COC(=O)c1cccc(NC(=O)C2CC2)c1)NCC(=O)Nc1ccccc1Br. The van der Waals surface area contributed by atoms with Crippen LogP contribution in [0.3, 0.4) is 0 Å². The number of rotatable bonds is 8. The maximum atomic E-state index is 12.2. The molecule has 2 aromatic carbocycles. The van der Waals surface area contributed by atoms with Gasteiger partial charge in [-0.05, 0) is 59.1 Å². The van der Waals surface area contributed by atoms with E-state index in [-0.39, 0.29) is 23.9 Å². The van der Waals surface area contributed by atoms with Crippen molar-refractivity contribution in [3.63, 3.8) is 0 Å². The Morgan fingerprint density at radius 1 is 0.967 bits per heavy atom. The molecule has 1 saturated carbocycles. The standard InChI is InChI=1S/C21H20BrN3O5/c22-16-6-1-2-7-17(16)25-18(26)11-23-19(27)12-30-21(29)14-4-3-5-15(10-14)24-20(28)13-8-9-13/h1-7,10,13H,8-9,11-12H2,(H,23,27)(H,24,28)(H,25,26). The zero-order valence-electron chi connectivity index (χ0n) is 15.9. The molecule has 0 unspecified atom stereocenters. The van der Waals surface area contributed by atoms with Gasteiger partial charge in [-0.25, -0.2) is 4.79 Å². The summed E-state index contributed by atoms with van der Waals surface area (Å²) >= 11 is 3.31. The van der Waals surface area contributed by atoms with Crippen molar-refractivity contribution in [2.24, 2.45) is 5.92 Å². The van der Waals surface area contributed by atoms with E-state index in [1.165, 1.54) is 12.1 Å². The van der Waals surface area contributed by atoms with E-state index in [4.69, 9.17) is 4.74 Å². The molecular formula is C21H20BrN3O5. The number of anilines is 2. The third-order valence-electron chi connectivity index (χ3n) is 4.24. The number of hydrogen-bond acceptors (Lipinski definition) is 5. The molecule has 156 valence electrons. The molecule has 8 nitrogen and oxygen atoms in total. The number of halogens is 1. The summed E-state index contributed by atoms with van der Waals surface area (Å²) in [5.41, 5.74) is 1.29. The minimum absolute atomic E-state index is 0.0458. The number of hydrogen-bond donors (Lipinski definition) is 3. The summed E-state index contributed by atoms with van der Waals surface area (Å²) < 4.78 is 5.69. The highest BCUT2D eigenvalue weighted by molar-refractivity contribution is 9.10. The minimum atomic E-state index is -0.703. The summed E-state index contributed by atoms with van der Waals surface area (Å²) in [7, 11) is 0. The molecule has 0 radical (unpaired) electrons. The molecule has 0 spiro atoms. The lowest BCUT2D eigenvalue weighted by atomic mass is 10.2. The minimum Gasteiger partial charge on any atom is -0.452 e. The van der Waals surface area contributed by atoms with Crippen LogP contribution in [0.15, 0.2) is 53.0 Å². The normalized spacial score (nSPS) is 12.6. The van der Waals surface area contributed by atoms with Gasteiger partial charge in [0.25, 0.3) is 5.91 Å². The van der Waals surface area contributed by atoms with Gasteiger partial charge in [-0.15, -0.1) is 0 Å². The largest absolute Gasteiger partial charge is 0.452 e. The first-order chi connectivity index (χ1) is 14.4. The maximum absolute atomic E-state index is 12.2. The first kappa shape index (κ1) is 21.5. The number of carbonyl (C=O) groups excluding carboxylic acids is 4. The maximum Gasteiger partial charge on any atom is 0.338 e. The quantitative estimate of drug-likeness (QED) is 0.510. The highest BCUT2D eigenvalue weighted by Crippen LogP contribution is 2.30. The Hall–Kier alpha value is -3.20. The van der Waals surface area contributed by atoms with Gasteiger partial charge in [-0.3, -0.25) is 14.4 Å². The average Bonchev–Trinajstić information content (AvgIpc) is 3.58. The summed E-state index contributed by atoms with van der Waals surface area (Å²) in [4.78, 5) is 47.7. The number of esters is 1. The van der Waals surface area contributed by atoms with Crippen LogP contribution in [0.2, 0.25) is 0 Å². The summed E-state index contributed by atoms with van der Waals surface area (Å²) in [6.07, 6.45) is 1.76. The van der Waals surface area contributed by atoms with E-state index in [0.717, 1.165) is 12.8 Å². The molecule has 3 N–H and O–H groups in total. The lowest BCUT2D eigenvalue weighted by molar-refractivity contribution is -0.126. The van der Waals surface area contributed by atoms with Crippen molar-refractivity contribution in [1.82, 2.24) is 5.32 Å². The van der Waals surface area contributed by atoms with Crippen LogP contribution in [-0.4, -0.2) is 36.8 Å². The number of ether oxygens (including phenoxy) is 1. The lowest BCUT2D eigenvalue weighted by Crippen LogP contribution is -2.35. The smallest absolute Gasteiger partial charge is 0.338 e. The van der Waals surface area contributed by atoms with Crippen LogP contribution < -0.4 is 16.0 Å². The molecule has 0 heterocycles. The first-order valence-corrected chi connectivity index (χ1v) is 10.1. The topological polar surface area (TPSA) is 114 Å². The second kappa shape index (κ2) is 10.0. The number of nitrogens with one attached hydrogen (secondary N) is 3. The van der Waals surface area contributed by atoms with Crippen molar-refractivity contribution in [2.75, 3.05) is 23.8 Å². The fourth-order valence-corrected chi connectivity index (χ4v) is 2.90. The van der Waals surface area contributed by atoms with Gasteiger partial charge in [-0.1, -0.05) is 18.2 Å². The van der Waals surface area contributed by atoms with Crippen LogP contribution in [-0.2, 0) is 19.1 Å². The molecule has 0 saturated heterocycles. The van der Waals surface area contributed by atoms with Crippen LogP contribution in [0, 0.1) is 5.92 Å². The third kappa shape index (κ3) is 6.41. The van der Waals surface area contributed by atoms with Crippen LogP contribution in [0.1, 0.15) is 23.2 Å². The van der Waals surface area contributed by atoms with E-state index in [1.807, 2.05) is 6.07 Å². The summed E-state index contributed by atoms with van der Waals surface area (Å²) in [6.45, 7) is -0.791. The first-order valence-electron chi connectivity index (χ1n) is 9.31. The number of amides is 3. The van der Waals surface area contributed by atoms with Crippen molar-refractivity contribution in [3.8, 4) is 0 Å². The van der Waals surface area contributed by atoms with Crippen molar-refractivity contribution in [1.29, 1.82) is 0 Å². The zero-order chi connectivity index (χ0) is 21.5. The van der Waals surface area contributed by atoms with Gasteiger partial charge in [0.1, 0.15) is 0 Å². The molecule has 30 heavy (non-hydrogen) atoms. The Morgan fingerprint density at radius 3 is 2.47 bits per heavy atom. The Bertz CT molecular complexity index is 975. The summed E-state index contributed by atoms with van der Waals surface area (Å²) in [5, 5.41) is 7.78. The summed E-state index contributed by atoms with van der Waals surface area (Å²) in [6, 6.07) is 13.4. The van der Waals surface area contributed by atoms with E-state index < -0.39 is 24.4 Å². The van der Waals surface area contributed by atoms with E-state index in [0.29, 0.717) is 15.8 Å². The van der Waals surface area contributed by atoms with E-state index >= 15 is 0 Å². The van der Waals surface area contributed by atoms with Crippen molar-refractivity contribution in [2.45, 2.75) is 12.8 Å². The molecular weight excluding hydrogens is 454 g/mol. The molecule has 1 aliphatic carbocycles. The second-order valence-electron chi connectivity index (χ2n) is 6.73. The molecule has 3 rings (SSSR count). The number of para-hydroxylation sites is 1. The molecule has 0 atom stereocenters. The van der Waals surface area contributed by atoms with Gasteiger partial charge < -0.3 is 20.7 Å². The predicted molar refractivity (Wildman–Crippen MR) is 114 cm³/mol. The molecule has 0 aliphatic heterocycles. The summed E-state index contributed by atoms with van der Waals surface area (Å²) in [5.74, 6) is -1.75. The zero-order valence-corrected chi connectivity index (χ0v) is 17.5. The fourth-order valence-electron chi connectivity index (χ4n) is 2.52. The Morgan fingerprint density at radius 2 is 1.73 bits per heavy atom. The van der Waals surface area contributed by atoms with Gasteiger partial charge >= 0.3 is 5.97 Å². The van der Waals surface area contributed by atoms with E-state index in [2.05, 4.69) is 31.9 Å². The molecule has 0 aromatic heterocycles. The highest BCUT2D eigenvalue weighted by Gasteiger charge is 2.29. The highest BCUT2D eigenvalue weighted by atomic mass is 79.9. The van der Waals surface area contributed by atoms with Crippen LogP contribution >= 0.6 is 15.9 Å². The Kier molecular flexibility index (Phi) is 7.18. The second-order valence-corrected chi connectivity index (χ2v) is 7.58. The molecule has 3 amide bonds. The fraction of sp³-hybridized carbons (Fsp3) is 0.238. The van der Waals surface area contributed by atoms with Gasteiger partial charge in [0.15, 0.2) is 6.61 Å². The van der Waals surface area contributed by atoms with Crippen molar-refractivity contribution >= 4 is 51.0 Å². The molecule has 1 aliphatic rings. The van der Waals surface area contributed by atoms with Gasteiger partial charge in [0.05, 0.1) is 17.8 Å². The van der Waals surface area contributed by atoms with Crippen LogP contribution in [0.25, 0.3) is 0 Å². The Labute approximate surface area is 181 Å². The molecule has 2 aromatic rings. The lowest BCUT2D eigenvalue weighted by Gasteiger charge is -2.09. The molecule has 9 heteroatoms. The number of carbonyl (C=O) groups is 4. The van der Waals surface area contributed by atoms with Crippen molar-refractivity contribution < 1.29 is 23.9 Å². The average molecular weight is 474 g/mol. The predicted octanol–water partition coefficient (Wildman–Crippen LogP) is 2.71. The molecule has 0 bridgehead atoms. The van der Waals surface area contributed by atoms with Gasteiger partial charge in [0, 0.05) is 16.1 Å². The Balaban J connectivity index is 1.42. The molecule has 1 fully saturated rings. The van der Waals surface area contributed by atoms with Crippen LogP contribution in [0.4, 0.5) is 11.4 Å². The third-order valence-corrected chi connectivity index (χ3v) is 4.93. The number of benzene rings is 2. The van der Waals surface area contributed by atoms with Gasteiger partial charge in [0.2, 0.25) is 11.8 Å². The van der Waals surface area contributed by atoms with Crippen LogP contribution in [0.5, 0.6) is 0 Å². The van der Waals surface area contributed by atoms with E-state index in [9.17, 15) is 19.2 Å². The van der Waals surface area contributed by atoms with Gasteiger partial charge in [-0.2, -0.15) is 0 Å².